The summed E-state index contributed by atoms with van der Waals surface area (Å²) >= 11 is 0. The number of fused-ring (bicyclic) bond motifs is 1. The van der Waals surface area contributed by atoms with Crippen molar-refractivity contribution in [3.8, 4) is 0 Å². The fourth-order valence-electron chi connectivity index (χ4n) is 1.38. The highest BCUT2D eigenvalue weighted by Crippen LogP contribution is 2.16. The lowest BCUT2D eigenvalue weighted by Crippen LogP contribution is -2.08. The quantitative estimate of drug-likeness (QED) is 0.637. The molecule has 2 rings (SSSR count). The van der Waals surface area contributed by atoms with Gasteiger partial charge in [-0.1, -0.05) is 0 Å². The van der Waals surface area contributed by atoms with Gasteiger partial charge in [-0.3, -0.25) is 5.10 Å². The lowest BCUT2D eigenvalue weighted by molar-refractivity contribution is 0.874. The summed E-state index contributed by atoms with van der Waals surface area (Å²) in [5, 5.41) is 11.3. The summed E-state index contributed by atoms with van der Waals surface area (Å²) in [7, 11) is 0. The maximum atomic E-state index is 5.41. The van der Waals surface area contributed by atoms with Crippen LogP contribution in [0.25, 0.3) is 10.9 Å². The summed E-state index contributed by atoms with van der Waals surface area (Å²) < 4.78 is 0. The van der Waals surface area contributed by atoms with Crippen molar-refractivity contribution in [3.05, 3.63) is 24.4 Å². The number of nitrogens with zero attached hydrogens (tertiary/aromatic N) is 1. The highest BCUT2D eigenvalue weighted by molar-refractivity contribution is 5.81. The van der Waals surface area contributed by atoms with Crippen molar-refractivity contribution in [1.29, 1.82) is 0 Å². The number of benzene rings is 1. The number of aromatic amines is 1. The van der Waals surface area contributed by atoms with Gasteiger partial charge in [0.2, 0.25) is 0 Å². The third-order valence-electron chi connectivity index (χ3n) is 2.15. The van der Waals surface area contributed by atoms with E-state index in [4.69, 9.17) is 5.73 Å². The first-order chi connectivity index (χ1) is 6.90. The summed E-state index contributed by atoms with van der Waals surface area (Å²) in [6.45, 7) is 1.63. The first-order valence-electron chi connectivity index (χ1n) is 4.77. The van der Waals surface area contributed by atoms with Gasteiger partial charge in [-0.2, -0.15) is 5.10 Å². The van der Waals surface area contributed by atoms with Crippen molar-refractivity contribution < 1.29 is 0 Å². The monoisotopic (exact) mass is 190 g/mol. The highest BCUT2D eigenvalue weighted by atomic mass is 15.1. The number of aromatic nitrogens is 2. The molecule has 0 aliphatic heterocycles. The van der Waals surface area contributed by atoms with Gasteiger partial charge in [-0.15, -0.1) is 0 Å². The molecular weight excluding hydrogens is 176 g/mol. The van der Waals surface area contributed by atoms with E-state index in [0.717, 1.165) is 36.1 Å². The second-order valence-electron chi connectivity index (χ2n) is 3.24. The van der Waals surface area contributed by atoms with Crippen LogP contribution in [0.3, 0.4) is 0 Å². The Labute approximate surface area is 82.5 Å². The average Bonchev–Trinajstić information content (AvgIpc) is 2.65. The van der Waals surface area contributed by atoms with Crippen molar-refractivity contribution in [3.63, 3.8) is 0 Å². The standard InChI is InChI=1S/C10H14N4/c11-4-1-5-12-9-3-2-8-7-13-14-10(8)6-9/h2-3,6-7,12H,1,4-5,11H2,(H,13,14). The van der Waals surface area contributed by atoms with Gasteiger partial charge in [0.1, 0.15) is 0 Å². The Morgan fingerprint density at radius 2 is 2.36 bits per heavy atom. The molecule has 2 aromatic rings. The molecule has 4 N–H and O–H groups in total. The smallest absolute Gasteiger partial charge is 0.0670 e. The normalized spacial score (nSPS) is 10.6. The Balaban J connectivity index is 2.10. The molecule has 0 aliphatic carbocycles. The number of nitrogens with two attached hydrogens (primary N) is 1. The van der Waals surface area contributed by atoms with Crippen LogP contribution < -0.4 is 11.1 Å². The summed E-state index contributed by atoms with van der Waals surface area (Å²) in [6.07, 6.45) is 2.81. The van der Waals surface area contributed by atoms with E-state index in [9.17, 15) is 0 Å². The zero-order chi connectivity index (χ0) is 9.80. The molecular formula is C10H14N4. The molecule has 0 radical (unpaired) electrons. The van der Waals surface area contributed by atoms with E-state index in [0.29, 0.717) is 0 Å². The zero-order valence-corrected chi connectivity index (χ0v) is 7.96. The third-order valence-corrected chi connectivity index (χ3v) is 2.15. The van der Waals surface area contributed by atoms with Crippen molar-refractivity contribution in [2.45, 2.75) is 6.42 Å². The summed E-state index contributed by atoms with van der Waals surface area (Å²) in [6, 6.07) is 6.15. The molecule has 0 bridgehead atoms. The number of nitrogens with one attached hydrogen (secondary N) is 2. The molecule has 0 saturated carbocycles. The molecule has 4 nitrogen and oxygen atoms in total. The molecule has 74 valence electrons. The number of H-pyrrole nitrogens is 1. The van der Waals surface area contributed by atoms with Gasteiger partial charge in [0.15, 0.2) is 0 Å². The molecule has 1 aromatic carbocycles. The van der Waals surface area contributed by atoms with Crippen LogP contribution in [-0.2, 0) is 0 Å². The minimum atomic E-state index is 0.722. The fraction of sp³-hybridized carbons (Fsp3) is 0.300. The van der Waals surface area contributed by atoms with Crippen molar-refractivity contribution in [2.24, 2.45) is 5.73 Å². The SMILES string of the molecule is NCCCNc1ccc2cn[nH]c2c1. The van der Waals surface area contributed by atoms with Gasteiger partial charge < -0.3 is 11.1 Å². The Morgan fingerprint density at radius 1 is 1.43 bits per heavy atom. The first-order valence-corrected chi connectivity index (χ1v) is 4.77. The largest absolute Gasteiger partial charge is 0.385 e. The maximum Gasteiger partial charge on any atom is 0.0670 e. The Hall–Kier alpha value is -1.55. The van der Waals surface area contributed by atoms with Crippen molar-refractivity contribution in [2.75, 3.05) is 18.4 Å². The van der Waals surface area contributed by atoms with Gasteiger partial charge >= 0.3 is 0 Å². The van der Waals surface area contributed by atoms with Crippen LogP contribution in [0.1, 0.15) is 6.42 Å². The summed E-state index contributed by atoms with van der Waals surface area (Å²) in [5.74, 6) is 0. The maximum absolute atomic E-state index is 5.41. The minimum Gasteiger partial charge on any atom is -0.385 e. The molecule has 0 aliphatic rings. The van der Waals surface area contributed by atoms with Crippen LogP contribution in [-0.4, -0.2) is 23.3 Å². The van der Waals surface area contributed by atoms with Crippen LogP contribution in [0.4, 0.5) is 5.69 Å². The second kappa shape index (κ2) is 4.11. The molecule has 4 heteroatoms. The first kappa shape index (κ1) is 9.02. The predicted octanol–water partition coefficient (Wildman–Crippen LogP) is 1.32. The number of hydrogen-bond acceptors (Lipinski definition) is 3. The second-order valence-corrected chi connectivity index (χ2v) is 3.24. The lowest BCUT2D eigenvalue weighted by atomic mass is 10.2. The van der Waals surface area contributed by atoms with E-state index in [1.807, 2.05) is 18.3 Å². The van der Waals surface area contributed by atoms with E-state index in [2.05, 4.69) is 21.6 Å². The number of rotatable bonds is 4. The average molecular weight is 190 g/mol. The Kier molecular flexibility index (Phi) is 2.65. The molecule has 14 heavy (non-hydrogen) atoms. The molecule has 0 fully saturated rings. The Morgan fingerprint density at radius 3 is 3.21 bits per heavy atom. The molecule has 0 saturated heterocycles. The Bertz CT molecular complexity index is 407. The van der Waals surface area contributed by atoms with Crippen LogP contribution in [0.2, 0.25) is 0 Å². The lowest BCUT2D eigenvalue weighted by Gasteiger charge is -2.04. The van der Waals surface area contributed by atoms with Gasteiger partial charge in [0.25, 0.3) is 0 Å². The van der Waals surface area contributed by atoms with E-state index in [-0.39, 0.29) is 0 Å². The van der Waals surface area contributed by atoms with E-state index < -0.39 is 0 Å². The van der Waals surface area contributed by atoms with Gasteiger partial charge in [0, 0.05) is 17.6 Å². The van der Waals surface area contributed by atoms with E-state index in [1.165, 1.54) is 0 Å². The number of anilines is 1. The predicted molar refractivity (Wildman–Crippen MR) is 58.3 cm³/mol. The van der Waals surface area contributed by atoms with Crippen LogP contribution in [0.5, 0.6) is 0 Å². The van der Waals surface area contributed by atoms with Crippen LogP contribution in [0, 0.1) is 0 Å². The van der Waals surface area contributed by atoms with Gasteiger partial charge in [-0.05, 0) is 31.2 Å². The third kappa shape index (κ3) is 1.85. The van der Waals surface area contributed by atoms with Crippen LogP contribution >= 0.6 is 0 Å². The minimum absolute atomic E-state index is 0.722. The summed E-state index contributed by atoms with van der Waals surface area (Å²) in [4.78, 5) is 0. The molecule has 0 unspecified atom stereocenters. The van der Waals surface area contributed by atoms with Crippen molar-refractivity contribution in [1.82, 2.24) is 10.2 Å². The summed E-state index contributed by atoms with van der Waals surface area (Å²) in [5.41, 5.74) is 7.58. The van der Waals surface area contributed by atoms with Gasteiger partial charge in [-0.25, -0.2) is 0 Å². The molecule has 1 aromatic heterocycles. The topological polar surface area (TPSA) is 66.7 Å². The van der Waals surface area contributed by atoms with E-state index in [1.54, 1.807) is 0 Å². The fourth-order valence-corrected chi connectivity index (χ4v) is 1.38. The van der Waals surface area contributed by atoms with Gasteiger partial charge in [0.05, 0.1) is 11.7 Å². The molecule has 0 atom stereocenters. The van der Waals surface area contributed by atoms with Crippen LogP contribution in [0.15, 0.2) is 24.4 Å². The highest BCUT2D eigenvalue weighted by Gasteiger charge is 1.96. The van der Waals surface area contributed by atoms with E-state index >= 15 is 0 Å². The number of hydrogen-bond donors (Lipinski definition) is 3. The molecule has 1 heterocycles. The molecule has 0 amide bonds. The molecule has 0 spiro atoms. The zero-order valence-electron chi connectivity index (χ0n) is 7.96. The van der Waals surface area contributed by atoms with Crippen molar-refractivity contribution >= 4 is 16.6 Å².